The molecule has 4 bridgehead atoms. The van der Waals surface area contributed by atoms with Gasteiger partial charge in [-0.15, -0.1) is 0 Å². The number of halogens is 1. The lowest BCUT2D eigenvalue weighted by molar-refractivity contribution is -0.0706. The normalized spacial score (nSPS) is 31.0. The second kappa shape index (κ2) is 8.07. The standard InChI is InChI=1S/C26H32BrNO/c1-18(26-13-20-9-21(14-26)11-22(10-20)15-26)28-16-23-12-24(27)7-8-25(23)29-17-19-5-3-2-4-6-19/h2-8,12,18,20-22,28H,9-11,13-17H2,1H3/t18-,20?,21?,22?,26?/m1/s1. The van der Waals surface area contributed by atoms with Crippen LogP contribution in [0.25, 0.3) is 0 Å². The molecule has 1 atom stereocenters. The first-order valence-corrected chi connectivity index (χ1v) is 12.1. The van der Waals surface area contributed by atoms with Gasteiger partial charge in [0.05, 0.1) is 0 Å². The summed E-state index contributed by atoms with van der Waals surface area (Å²) in [6, 6.07) is 17.4. The molecule has 0 heterocycles. The zero-order valence-electron chi connectivity index (χ0n) is 17.4. The molecular weight excluding hydrogens is 422 g/mol. The summed E-state index contributed by atoms with van der Waals surface area (Å²) in [5, 5.41) is 3.92. The molecule has 1 N–H and O–H groups in total. The fraction of sp³-hybridized carbons (Fsp3) is 0.538. The van der Waals surface area contributed by atoms with Gasteiger partial charge in [0.25, 0.3) is 0 Å². The van der Waals surface area contributed by atoms with Gasteiger partial charge in [-0.2, -0.15) is 0 Å². The summed E-state index contributed by atoms with van der Waals surface area (Å²) in [4.78, 5) is 0. The topological polar surface area (TPSA) is 21.3 Å². The molecule has 0 spiro atoms. The van der Waals surface area contributed by atoms with Crippen LogP contribution in [0.5, 0.6) is 5.75 Å². The lowest BCUT2D eigenvalue weighted by Crippen LogP contribution is -2.54. The number of benzene rings is 2. The number of nitrogens with one attached hydrogen (secondary N) is 1. The summed E-state index contributed by atoms with van der Waals surface area (Å²) < 4.78 is 7.31. The van der Waals surface area contributed by atoms with Crippen molar-refractivity contribution in [3.8, 4) is 5.75 Å². The minimum Gasteiger partial charge on any atom is -0.489 e. The van der Waals surface area contributed by atoms with E-state index in [4.69, 9.17) is 4.74 Å². The van der Waals surface area contributed by atoms with Crippen LogP contribution in [0, 0.1) is 23.2 Å². The van der Waals surface area contributed by atoms with E-state index in [1.54, 1.807) is 0 Å². The van der Waals surface area contributed by atoms with E-state index in [2.05, 4.69) is 70.6 Å². The van der Waals surface area contributed by atoms with Gasteiger partial charge < -0.3 is 10.1 Å². The van der Waals surface area contributed by atoms with Gasteiger partial charge in [0.15, 0.2) is 0 Å². The summed E-state index contributed by atoms with van der Waals surface area (Å²) in [6.07, 6.45) is 8.87. The van der Waals surface area contributed by atoms with Gasteiger partial charge in [-0.3, -0.25) is 0 Å². The predicted molar refractivity (Wildman–Crippen MR) is 122 cm³/mol. The molecule has 0 amide bonds. The molecule has 4 aliphatic carbocycles. The summed E-state index contributed by atoms with van der Waals surface area (Å²) in [6.45, 7) is 3.92. The van der Waals surface area contributed by atoms with Crippen LogP contribution >= 0.6 is 15.9 Å². The second-order valence-electron chi connectivity index (χ2n) is 9.91. The van der Waals surface area contributed by atoms with Crippen LogP contribution < -0.4 is 10.1 Å². The van der Waals surface area contributed by atoms with Gasteiger partial charge in [-0.05, 0) is 92.4 Å². The smallest absolute Gasteiger partial charge is 0.124 e. The molecule has 4 saturated carbocycles. The molecule has 4 fully saturated rings. The van der Waals surface area contributed by atoms with Crippen molar-refractivity contribution in [2.75, 3.05) is 0 Å². The first-order valence-electron chi connectivity index (χ1n) is 11.3. The zero-order valence-corrected chi connectivity index (χ0v) is 19.0. The maximum absolute atomic E-state index is 6.20. The van der Waals surface area contributed by atoms with Crippen LogP contribution in [0.2, 0.25) is 0 Å². The molecule has 2 aromatic rings. The molecule has 4 aliphatic rings. The van der Waals surface area contributed by atoms with Gasteiger partial charge in [-0.25, -0.2) is 0 Å². The van der Waals surface area contributed by atoms with Crippen LogP contribution in [0.15, 0.2) is 53.0 Å². The van der Waals surface area contributed by atoms with E-state index in [0.717, 1.165) is 34.5 Å². The molecule has 6 rings (SSSR count). The molecule has 29 heavy (non-hydrogen) atoms. The van der Waals surface area contributed by atoms with E-state index in [1.165, 1.54) is 49.7 Å². The number of ether oxygens (including phenoxy) is 1. The highest BCUT2D eigenvalue weighted by Gasteiger charge is 2.52. The largest absolute Gasteiger partial charge is 0.489 e. The minimum absolute atomic E-state index is 0.534. The summed E-state index contributed by atoms with van der Waals surface area (Å²) in [7, 11) is 0. The fourth-order valence-electron chi connectivity index (χ4n) is 6.75. The van der Waals surface area contributed by atoms with Crippen molar-refractivity contribution >= 4 is 15.9 Å². The van der Waals surface area contributed by atoms with E-state index in [-0.39, 0.29) is 0 Å². The Labute approximate surface area is 183 Å². The van der Waals surface area contributed by atoms with E-state index in [9.17, 15) is 0 Å². The maximum Gasteiger partial charge on any atom is 0.124 e. The van der Waals surface area contributed by atoms with E-state index in [1.807, 2.05) is 6.07 Å². The Morgan fingerprint density at radius 3 is 2.31 bits per heavy atom. The van der Waals surface area contributed by atoms with Crippen molar-refractivity contribution in [1.82, 2.24) is 5.32 Å². The van der Waals surface area contributed by atoms with Crippen molar-refractivity contribution < 1.29 is 4.74 Å². The molecule has 0 radical (unpaired) electrons. The molecule has 0 aromatic heterocycles. The second-order valence-corrected chi connectivity index (χ2v) is 10.8. The molecule has 0 aliphatic heterocycles. The highest BCUT2D eigenvalue weighted by Crippen LogP contribution is 2.61. The third-order valence-corrected chi connectivity index (χ3v) is 8.36. The van der Waals surface area contributed by atoms with E-state index < -0.39 is 0 Å². The van der Waals surface area contributed by atoms with Gasteiger partial charge in [0.1, 0.15) is 12.4 Å². The molecule has 3 heteroatoms. The predicted octanol–water partition coefficient (Wildman–Crippen LogP) is 6.72. The minimum atomic E-state index is 0.534. The van der Waals surface area contributed by atoms with Gasteiger partial charge in [-0.1, -0.05) is 46.3 Å². The van der Waals surface area contributed by atoms with Gasteiger partial charge >= 0.3 is 0 Å². The van der Waals surface area contributed by atoms with Crippen LogP contribution in [0.3, 0.4) is 0 Å². The third kappa shape index (κ3) is 4.14. The third-order valence-electron chi connectivity index (χ3n) is 7.86. The average Bonchev–Trinajstić information content (AvgIpc) is 2.71. The van der Waals surface area contributed by atoms with E-state index >= 15 is 0 Å². The molecule has 154 valence electrons. The monoisotopic (exact) mass is 453 g/mol. The van der Waals surface area contributed by atoms with Crippen molar-refractivity contribution in [2.45, 2.75) is 64.6 Å². The Hall–Kier alpha value is -1.32. The summed E-state index contributed by atoms with van der Waals surface area (Å²) in [5.74, 6) is 3.99. The molecule has 2 nitrogen and oxygen atoms in total. The summed E-state index contributed by atoms with van der Waals surface area (Å²) in [5.41, 5.74) is 2.98. The van der Waals surface area contributed by atoms with Gasteiger partial charge in [0.2, 0.25) is 0 Å². The molecule has 0 unspecified atom stereocenters. The Kier molecular flexibility index (Phi) is 5.47. The summed E-state index contributed by atoms with van der Waals surface area (Å²) >= 11 is 3.65. The van der Waals surface area contributed by atoms with Gasteiger partial charge in [0, 0.05) is 22.6 Å². The number of rotatable bonds is 7. The van der Waals surface area contributed by atoms with Crippen LogP contribution in [-0.2, 0) is 13.2 Å². The number of hydrogen-bond donors (Lipinski definition) is 1. The first kappa shape index (κ1) is 19.6. The lowest BCUT2D eigenvalue weighted by Gasteiger charge is -2.59. The quantitative estimate of drug-likeness (QED) is 0.501. The Morgan fingerprint density at radius 2 is 1.66 bits per heavy atom. The van der Waals surface area contributed by atoms with Crippen LogP contribution in [0.4, 0.5) is 0 Å². The molecule has 2 aromatic carbocycles. The van der Waals surface area contributed by atoms with Crippen molar-refractivity contribution in [1.29, 1.82) is 0 Å². The first-order chi connectivity index (χ1) is 14.1. The Morgan fingerprint density at radius 1 is 1.00 bits per heavy atom. The number of hydrogen-bond acceptors (Lipinski definition) is 2. The fourth-order valence-corrected chi connectivity index (χ4v) is 7.16. The average molecular weight is 454 g/mol. The molecular formula is C26H32BrNO. The zero-order chi connectivity index (χ0) is 19.8. The van der Waals surface area contributed by atoms with Crippen molar-refractivity contribution in [2.24, 2.45) is 23.2 Å². The Balaban J connectivity index is 1.26. The highest BCUT2D eigenvalue weighted by atomic mass is 79.9. The SMILES string of the molecule is C[C@@H](NCc1cc(Br)ccc1OCc1ccccc1)C12CC3CC(CC(C3)C1)C2. The maximum atomic E-state index is 6.20. The van der Waals surface area contributed by atoms with Crippen LogP contribution in [-0.4, -0.2) is 6.04 Å². The van der Waals surface area contributed by atoms with Crippen molar-refractivity contribution in [3.05, 3.63) is 64.1 Å². The Bertz CT molecular complexity index is 814. The van der Waals surface area contributed by atoms with E-state index in [0.29, 0.717) is 18.1 Å². The van der Waals surface area contributed by atoms with Crippen LogP contribution in [0.1, 0.15) is 56.6 Å². The highest BCUT2D eigenvalue weighted by molar-refractivity contribution is 9.10. The van der Waals surface area contributed by atoms with Crippen molar-refractivity contribution in [3.63, 3.8) is 0 Å². The lowest BCUT2D eigenvalue weighted by atomic mass is 9.48. The molecule has 0 saturated heterocycles.